The number of carboxylic acids is 1. The van der Waals surface area contributed by atoms with Crippen molar-refractivity contribution in [3.8, 4) is 0 Å². The number of ether oxygens (including phenoxy) is 5. The molecular weight excluding hydrogens is 1260 g/mol. The van der Waals surface area contributed by atoms with Gasteiger partial charge < -0.3 is 43.0 Å². The van der Waals surface area contributed by atoms with Crippen molar-refractivity contribution in [2.24, 2.45) is 11.8 Å². The number of rotatable bonds is 5. The number of carbonyl (C=O) groups is 4. The first-order chi connectivity index (χ1) is 19.5. The average molecular weight is 1290 g/mol. The van der Waals surface area contributed by atoms with Crippen LogP contribution >= 0.6 is 74.5 Å². The Labute approximate surface area is 363 Å². The van der Waals surface area contributed by atoms with Crippen LogP contribution in [0.15, 0.2) is 0 Å². The predicted molar refractivity (Wildman–Crippen MR) is 175 cm³/mol. The molecule has 0 amide bonds. The number of aliphatic carboxylic acids is 1. The van der Waals surface area contributed by atoms with E-state index in [1.165, 1.54) is 0 Å². The molecule has 6 fully saturated rings. The Morgan fingerprint density at radius 3 is 1.59 bits per heavy atom. The van der Waals surface area contributed by atoms with Crippen LogP contribution in [0, 0.1) is 11.8 Å². The molecule has 6 rings (SSSR count). The van der Waals surface area contributed by atoms with Crippen molar-refractivity contribution in [2.75, 3.05) is 11.5 Å². The molecule has 6 saturated heterocycles. The maximum Gasteiger partial charge on any atom is 1.00 e. The summed E-state index contributed by atoms with van der Waals surface area (Å²) in [4.78, 5) is 43.1. The van der Waals surface area contributed by atoms with Gasteiger partial charge in [0.15, 0.2) is 18.3 Å². The third-order valence-electron chi connectivity index (χ3n) is 6.46. The Kier molecular flexibility index (Phi) is 27.7. The van der Waals surface area contributed by atoms with E-state index in [1.807, 2.05) is 0 Å². The van der Waals surface area contributed by atoms with Crippen LogP contribution in [0.2, 0.25) is 0 Å². The van der Waals surface area contributed by atoms with E-state index in [0.717, 1.165) is 0 Å². The summed E-state index contributed by atoms with van der Waals surface area (Å²) in [5.74, 6) is -6.34. The fourth-order valence-electron chi connectivity index (χ4n) is 5.12. The van der Waals surface area contributed by atoms with Gasteiger partial charge in [-0.15, -0.1) is 0 Å². The van der Waals surface area contributed by atoms with Gasteiger partial charge in [0.2, 0.25) is 0 Å². The maximum atomic E-state index is 11.4. The number of halogens is 5. The standard InChI is InChI=1S/C9H10O8S.C7H8O4.C2H4O5S.2CH4.I3.I2.2Na/c10-5(2-18(12,13)14)16-7-4-1-3-6(15-4)8(7)17-9(3)11;8-4-3-1-2-5(10-3)6(4)11-7(2)9;3-2(4)1-8(5,6)7;;;1-3-2;1-2;;/h3-4,6-8H,1-2H2,(H,12,13,14);2-6,8H,1H2;1H2,(H,3,4)(H,5,6,7);2*1H4;;;;/q;;;;;-1;;2*+1/p-2. The van der Waals surface area contributed by atoms with Gasteiger partial charge in [0.05, 0.1) is 24.0 Å². The van der Waals surface area contributed by atoms with Crippen molar-refractivity contribution in [3.05, 3.63) is 0 Å². The quantitative estimate of drug-likeness (QED) is 0.0851. The molecule has 6 aliphatic heterocycles. The molecule has 0 aromatic carbocycles. The van der Waals surface area contributed by atoms with E-state index in [0.29, 0.717) is 26.1 Å². The van der Waals surface area contributed by atoms with E-state index >= 15 is 0 Å². The van der Waals surface area contributed by atoms with E-state index in [2.05, 4.69) is 74.5 Å². The van der Waals surface area contributed by atoms with Crippen LogP contribution in [0.4, 0.5) is 0 Å². The summed E-state index contributed by atoms with van der Waals surface area (Å²) in [6.07, 6.45) is -2.60. The van der Waals surface area contributed by atoms with Crippen molar-refractivity contribution in [2.45, 2.75) is 76.5 Å². The molecule has 0 radical (unpaired) electrons. The molecule has 46 heavy (non-hydrogen) atoms. The number of aliphatic hydroxyl groups excluding tert-OH is 1. The van der Waals surface area contributed by atoms with E-state index in [4.69, 9.17) is 28.8 Å². The Bertz CT molecular complexity index is 1250. The third-order valence-corrected chi connectivity index (χ3v) is 7.65. The van der Waals surface area contributed by atoms with Gasteiger partial charge in [-0.2, -0.15) is 0 Å². The number of carbonyl (C=O) groups excluding carboxylic acids is 3. The zero-order valence-corrected chi connectivity index (χ0v) is 38.7. The van der Waals surface area contributed by atoms with E-state index < -0.39 is 74.2 Å². The second-order valence-corrected chi connectivity index (χ2v) is 28.1. The molecule has 0 aromatic rings. The third kappa shape index (κ3) is 15.3. The minimum Gasteiger partial charge on any atom is -0.748 e. The Morgan fingerprint density at radius 2 is 1.22 bits per heavy atom. The van der Waals surface area contributed by atoms with Crippen LogP contribution in [0.3, 0.4) is 0 Å². The Hall–Kier alpha value is 3.23. The minimum absolute atomic E-state index is 0. The number of esters is 3. The second-order valence-electron chi connectivity index (χ2n) is 9.06. The van der Waals surface area contributed by atoms with Gasteiger partial charge in [-0.25, -0.2) is 16.8 Å². The van der Waals surface area contributed by atoms with Crippen molar-refractivity contribution in [3.63, 3.8) is 0 Å². The SMILES string of the molecule is C.C.II.I[I-]I.O=C(CS(=O)(=O)[O-])OC1C2CC3C(=O)OC1C3O2.O=C(O)CS(=O)(=O)[O-].O=C1OC2C(O)C3CC1C2O3.[Na+].[Na+]. The first-order valence-electron chi connectivity index (χ1n) is 11.2. The molecule has 0 aromatic heterocycles. The van der Waals surface area contributed by atoms with Crippen LogP contribution in [0.25, 0.3) is 0 Å². The first kappa shape index (κ1) is 53.6. The Balaban J connectivity index is -0.000000576. The molecule has 6 aliphatic rings. The summed E-state index contributed by atoms with van der Waals surface area (Å²) < 4.78 is 85.4. The minimum atomic E-state index is -4.68. The first-order valence-corrected chi connectivity index (χ1v) is 33.2. The van der Waals surface area contributed by atoms with Gasteiger partial charge in [0, 0.05) is 37.2 Å². The fraction of sp³-hybridized carbons (Fsp3) is 0.800. The van der Waals surface area contributed by atoms with Crippen LogP contribution in [0.1, 0.15) is 27.7 Å². The van der Waals surface area contributed by atoms with Crippen LogP contribution in [-0.4, -0.2) is 120 Å². The molecule has 2 N–H and O–H groups in total. The van der Waals surface area contributed by atoms with Gasteiger partial charge in [-0.05, 0) is 12.8 Å². The van der Waals surface area contributed by atoms with Crippen molar-refractivity contribution < 1.29 is 151 Å². The van der Waals surface area contributed by atoms with Gasteiger partial charge in [0.25, 0.3) is 0 Å². The average Bonchev–Trinajstić information content (AvgIpc) is 3.65. The molecular formula is C20H28I5Na2O17S2-. The summed E-state index contributed by atoms with van der Waals surface area (Å²) in [5.41, 5.74) is 0. The second kappa shape index (κ2) is 23.8. The molecule has 0 saturated carbocycles. The molecule has 4 bridgehead atoms. The molecule has 0 aliphatic carbocycles. The molecule has 260 valence electrons. The van der Waals surface area contributed by atoms with Crippen molar-refractivity contribution in [1.29, 1.82) is 0 Å². The maximum absolute atomic E-state index is 11.4. The van der Waals surface area contributed by atoms with Crippen molar-refractivity contribution >= 4 is 119 Å². The van der Waals surface area contributed by atoms with E-state index in [9.17, 15) is 50.2 Å². The molecule has 26 heteroatoms. The van der Waals surface area contributed by atoms with Crippen LogP contribution in [0.5, 0.6) is 0 Å². The summed E-state index contributed by atoms with van der Waals surface area (Å²) in [7, 11) is -9.25. The van der Waals surface area contributed by atoms with Crippen LogP contribution in [-0.2, 0) is 63.1 Å². The van der Waals surface area contributed by atoms with Gasteiger partial charge in [-0.3, -0.25) is 19.2 Å². The fourth-order valence-corrected chi connectivity index (χ4v) is 5.78. The van der Waals surface area contributed by atoms with Gasteiger partial charge in [0.1, 0.15) is 50.1 Å². The van der Waals surface area contributed by atoms with Crippen molar-refractivity contribution in [1.82, 2.24) is 0 Å². The summed E-state index contributed by atoms with van der Waals surface area (Å²) in [6.45, 7) is 0. The van der Waals surface area contributed by atoms with E-state index in [1.54, 1.807) is 0 Å². The van der Waals surface area contributed by atoms with Gasteiger partial charge in [-0.1, -0.05) is 14.9 Å². The zero-order valence-electron chi connectivity index (χ0n) is 22.3. The van der Waals surface area contributed by atoms with Gasteiger partial charge >= 0.3 is 133 Å². The number of aliphatic hydroxyl groups is 1. The molecule has 17 nitrogen and oxygen atoms in total. The number of hydrogen-bond acceptors (Lipinski definition) is 16. The summed E-state index contributed by atoms with van der Waals surface area (Å²) in [5, 5.41) is 17.1. The monoisotopic (exact) mass is 1280 g/mol. The number of fused-ring (bicyclic) bond motifs is 2. The largest absolute Gasteiger partial charge is 1.00 e. The molecule has 0 spiro atoms. The van der Waals surface area contributed by atoms with E-state index in [-0.39, 0.29) is 116 Å². The number of carboxylic acid groups (broad SMARTS) is 1. The summed E-state index contributed by atoms with van der Waals surface area (Å²) in [6, 6.07) is 0. The van der Waals surface area contributed by atoms with Crippen LogP contribution < -0.4 is 72.4 Å². The smallest absolute Gasteiger partial charge is 0.748 e. The Morgan fingerprint density at radius 1 is 0.826 bits per heavy atom. The topological polar surface area (TPSA) is 269 Å². The normalized spacial score (nSPS) is 32.6. The zero-order chi connectivity index (χ0) is 32.2. The molecule has 10 atom stereocenters. The predicted octanol–water partition coefficient (Wildman–Crippen LogP) is -8.34. The molecule has 6 heterocycles. The molecule has 10 unspecified atom stereocenters. The number of hydrogen-bond donors (Lipinski definition) is 2. The summed E-state index contributed by atoms with van der Waals surface area (Å²) >= 11 is 9.54.